The normalized spacial score (nSPS) is 15.8. The lowest BCUT2D eigenvalue weighted by Gasteiger charge is -2.17. The lowest BCUT2D eigenvalue weighted by molar-refractivity contribution is -0.115. The number of amides is 2. The van der Waals surface area contributed by atoms with Crippen molar-refractivity contribution in [2.24, 2.45) is 0 Å². The van der Waals surface area contributed by atoms with Gasteiger partial charge in [-0.1, -0.05) is 54.5 Å². The fraction of sp³-hybridized carbons (Fsp3) is 0.226. The summed E-state index contributed by atoms with van der Waals surface area (Å²) < 4.78 is 0. The summed E-state index contributed by atoms with van der Waals surface area (Å²) in [6, 6.07) is 23.6. The molecule has 0 aromatic heterocycles. The Morgan fingerprint density at radius 2 is 1.76 bits per heavy atom. The number of carbonyl (C=O) groups excluding carboxylic acids is 2. The quantitative estimate of drug-likeness (QED) is 0.290. The zero-order valence-electron chi connectivity index (χ0n) is 21.1. The SMILES string of the molecule is O=C(C#Cc1ccc2c(c1)NC(=O)/C2=C(\Nc1ccc(CN2CCCC2)cc1)c1ccccc1)NCCO. The Labute approximate surface area is 222 Å². The molecule has 0 saturated carbocycles. The zero-order valence-corrected chi connectivity index (χ0v) is 21.1. The van der Waals surface area contributed by atoms with Crippen LogP contribution in [0.3, 0.4) is 0 Å². The molecule has 2 aliphatic heterocycles. The minimum absolute atomic E-state index is 0.145. The van der Waals surface area contributed by atoms with Crippen molar-refractivity contribution in [1.29, 1.82) is 0 Å². The van der Waals surface area contributed by atoms with E-state index in [-0.39, 0.29) is 19.1 Å². The van der Waals surface area contributed by atoms with E-state index < -0.39 is 5.91 Å². The number of nitrogens with one attached hydrogen (secondary N) is 3. The molecule has 3 aromatic carbocycles. The van der Waals surface area contributed by atoms with Crippen LogP contribution in [0.2, 0.25) is 0 Å². The van der Waals surface area contributed by atoms with Crippen molar-refractivity contribution in [3.63, 3.8) is 0 Å². The molecular formula is C31H30N4O3. The maximum Gasteiger partial charge on any atom is 0.296 e. The second-order valence-corrected chi connectivity index (χ2v) is 9.37. The number of anilines is 2. The van der Waals surface area contributed by atoms with Crippen molar-refractivity contribution in [2.75, 3.05) is 36.9 Å². The molecule has 1 fully saturated rings. The Kier molecular flexibility index (Phi) is 7.84. The van der Waals surface area contributed by atoms with Crippen molar-refractivity contribution in [3.05, 3.63) is 95.1 Å². The Morgan fingerprint density at radius 1 is 1.00 bits per heavy atom. The molecule has 0 aliphatic carbocycles. The van der Waals surface area contributed by atoms with E-state index in [9.17, 15) is 9.59 Å². The minimum atomic E-state index is -0.466. The highest BCUT2D eigenvalue weighted by atomic mass is 16.3. The van der Waals surface area contributed by atoms with E-state index in [1.165, 1.54) is 18.4 Å². The standard InChI is InChI=1S/C31H30N4O3/c36-19-16-32-28(37)15-11-22-10-14-26-27(20-22)34-31(38)29(26)30(24-6-2-1-3-7-24)33-25-12-8-23(9-13-25)21-35-17-4-5-18-35/h1-3,6-10,12-14,20,33,36H,4-5,16-19,21H2,(H,32,37)(H,34,38)/b30-29-. The average Bonchev–Trinajstić information content (AvgIpc) is 3.57. The van der Waals surface area contributed by atoms with Gasteiger partial charge < -0.3 is 21.1 Å². The fourth-order valence-electron chi connectivity index (χ4n) is 4.76. The zero-order chi connectivity index (χ0) is 26.3. The maximum absolute atomic E-state index is 13.2. The molecule has 38 heavy (non-hydrogen) atoms. The lowest BCUT2D eigenvalue weighted by atomic mass is 9.99. The highest BCUT2D eigenvalue weighted by Gasteiger charge is 2.28. The number of aliphatic hydroxyl groups excluding tert-OH is 1. The first-order chi connectivity index (χ1) is 18.6. The molecular weight excluding hydrogens is 476 g/mol. The minimum Gasteiger partial charge on any atom is -0.395 e. The molecule has 192 valence electrons. The number of carbonyl (C=O) groups is 2. The summed E-state index contributed by atoms with van der Waals surface area (Å²) in [6.45, 7) is 3.27. The lowest BCUT2D eigenvalue weighted by Crippen LogP contribution is -2.24. The molecule has 2 heterocycles. The first kappa shape index (κ1) is 25.3. The van der Waals surface area contributed by atoms with E-state index in [1.54, 1.807) is 12.1 Å². The van der Waals surface area contributed by atoms with Crippen molar-refractivity contribution < 1.29 is 14.7 Å². The van der Waals surface area contributed by atoms with E-state index in [2.05, 4.69) is 57.0 Å². The molecule has 0 radical (unpaired) electrons. The highest BCUT2D eigenvalue weighted by Crippen LogP contribution is 2.38. The van der Waals surface area contributed by atoms with Gasteiger partial charge in [-0.05, 0) is 61.3 Å². The number of benzene rings is 3. The molecule has 0 unspecified atom stereocenters. The molecule has 4 N–H and O–H groups in total. The number of aliphatic hydroxyl groups is 1. The van der Waals surface area contributed by atoms with Crippen molar-refractivity contribution >= 4 is 34.5 Å². The Bertz CT molecular complexity index is 1410. The molecule has 3 aromatic rings. The number of likely N-dealkylation sites (tertiary alicyclic amines) is 1. The van der Waals surface area contributed by atoms with Gasteiger partial charge in [0.2, 0.25) is 0 Å². The van der Waals surface area contributed by atoms with Crippen LogP contribution < -0.4 is 16.0 Å². The molecule has 1 saturated heterocycles. The van der Waals surface area contributed by atoms with E-state index in [0.29, 0.717) is 16.8 Å². The van der Waals surface area contributed by atoms with Crippen molar-refractivity contribution in [1.82, 2.24) is 10.2 Å². The highest BCUT2D eigenvalue weighted by molar-refractivity contribution is 6.37. The second-order valence-electron chi connectivity index (χ2n) is 9.37. The van der Waals surface area contributed by atoms with Gasteiger partial charge in [-0.3, -0.25) is 14.5 Å². The maximum atomic E-state index is 13.2. The topological polar surface area (TPSA) is 93.7 Å². The Morgan fingerprint density at radius 3 is 2.50 bits per heavy atom. The van der Waals surface area contributed by atoms with Crippen LogP contribution in [0, 0.1) is 11.8 Å². The number of hydrogen-bond donors (Lipinski definition) is 4. The monoisotopic (exact) mass is 506 g/mol. The van der Waals surface area contributed by atoms with Gasteiger partial charge in [0.25, 0.3) is 11.8 Å². The van der Waals surface area contributed by atoms with Gasteiger partial charge in [0.1, 0.15) is 0 Å². The molecule has 2 amide bonds. The molecule has 0 bridgehead atoms. The summed E-state index contributed by atoms with van der Waals surface area (Å²) in [4.78, 5) is 27.5. The smallest absolute Gasteiger partial charge is 0.296 e. The van der Waals surface area contributed by atoms with Crippen molar-refractivity contribution in [3.8, 4) is 11.8 Å². The van der Waals surface area contributed by atoms with Crippen LogP contribution in [0.4, 0.5) is 11.4 Å². The summed E-state index contributed by atoms with van der Waals surface area (Å²) in [5.74, 6) is 4.65. The molecule has 0 atom stereocenters. The number of rotatable bonds is 7. The van der Waals surface area contributed by atoms with Gasteiger partial charge in [-0.25, -0.2) is 0 Å². The third kappa shape index (κ3) is 5.94. The summed E-state index contributed by atoms with van der Waals surface area (Å²) in [5, 5.41) is 17.8. The first-order valence-electron chi connectivity index (χ1n) is 12.9. The van der Waals surface area contributed by atoms with E-state index in [1.807, 2.05) is 36.4 Å². The van der Waals surface area contributed by atoms with Gasteiger partial charge in [0.05, 0.1) is 23.6 Å². The summed E-state index contributed by atoms with van der Waals surface area (Å²) >= 11 is 0. The Hall–Kier alpha value is -4.38. The van der Waals surface area contributed by atoms with E-state index in [4.69, 9.17) is 5.11 Å². The second kappa shape index (κ2) is 11.8. The Balaban J connectivity index is 1.44. The predicted molar refractivity (Wildman–Crippen MR) is 150 cm³/mol. The van der Waals surface area contributed by atoms with Crippen molar-refractivity contribution in [2.45, 2.75) is 19.4 Å². The summed E-state index contributed by atoms with van der Waals surface area (Å²) in [6.07, 6.45) is 2.54. The van der Waals surface area contributed by atoms with Crippen LogP contribution in [-0.4, -0.2) is 48.1 Å². The van der Waals surface area contributed by atoms with Crippen LogP contribution >= 0.6 is 0 Å². The van der Waals surface area contributed by atoms with Crippen LogP contribution in [0.5, 0.6) is 0 Å². The average molecular weight is 507 g/mol. The van der Waals surface area contributed by atoms with Gasteiger partial charge in [0.15, 0.2) is 0 Å². The van der Waals surface area contributed by atoms with Crippen LogP contribution in [0.1, 0.15) is 35.1 Å². The number of fused-ring (bicyclic) bond motifs is 1. The molecule has 2 aliphatic rings. The largest absolute Gasteiger partial charge is 0.395 e. The van der Waals surface area contributed by atoms with Crippen LogP contribution in [-0.2, 0) is 16.1 Å². The molecule has 0 spiro atoms. The molecule has 5 rings (SSSR count). The summed E-state index contributed by atoms with van der Waals surface area (Å²) in [5.41, 5.74) is 6.35. The van der Waals surface area contributed by atoms with E-state index in [0.717, 1.165) is 42.1 Å². The number of hydrogen-bond acceptors (Lipinski definition) is 5. The van der Waals surface area contributed by atoms with Gasteiger partial charge in [-0.15, -0.1) is 0 Å². The number of nitrogens with zero attached hydrogens (tertiary/aromatic N) is 1. The summed E-state index contributed by atoms with van der Waals surface area (Å²) in [7, 11) is 0. The predicted octanol–water partition coefficient (Wildman–Crippen LogP) is 3.67. The third-order valence-corrected chi connectivity index (χ3v) is 6.62. The third-order valence-electron chi connectivity index (χ3n) is 6.62. The first-order valence-corrected chi connectivity index (χ1v) is 12.9. The van der Waals surface area contributed by atoms with E-state index >= 15 is 0 Å². The van der Waals surface area contributed by atoms with Crippen LogP contribution in [0.25, 0.3) is 11.3 Å². The molecule has 7 nitrogen and oxygen atoms in total. The fourth-order valence-corrected chi connectivity index (χ4v) is 4.76. The van der Waals surface area contributed by atoms with Crippen LogP contribution in [0.15, 0.2) is 72.8 Å². The van der Waals surface area contributed by atoms with Gasteiger partial charge >= 0.3 is 0 Å². The van der Waals surface area contributed by atoms with Gasteiger partial charge in [-0.2, -0.15) is 0 Å². The molecule has 7 heteroatoms. The van der Waals surface area contributed by atoms with Gasteiger partial charge in [0, 0.05) is 35.8 Å².